The lowest BCUT2D eigenvalue weighted by atomic mass is 9.98. The predicted octanol–water partition coefficient (Wildman–Crippen LogP) is 5.04. The van der Waals surface area contributed by atoms with E-state index in [0.29, 0.717) is 23.1 Å². The Labute approximate surface area is 157 Å². The van der Waals surface area contributed by atoms with E-state index in [1.807, 2.05) is 19.1 Å². The van der Waals surface area contributed by atoms with E-state index in [9.17, 15) is 9.18 Å². The van der Waals surface area contributed by atoms with Crippen molar-refractivity contribution < 1.29 is 9.18 Å². The van der Waals surface area contributed by atoms with Gasteiger partial charge in [-0.1, -0.05) is 38.1 Å². The number of carbonyl (C=O) groups excluding carboxylic acids is 1. The molecule has 3 rings (SSSR count). The summed E-state index contributed by atoms with van der Waals surface area (Å²) in [5.41, 5.74) is 3.91. The lowest BCUT2D eigenvalue weighted by Crippen LogP contribution is -2.13. The van der Waals surface area contributed by atoms with E-state index in [1.54, 1.807) is 6.07 Å². The number of nitrogens with zero attached hydrogens (tertiary/aromatic N) is 2. The zero-order valence-electron chi connectivity index (χ0n) is 15.5. The van der Waals surface area contributed by atoms with Gasteiger partial charge in [0.15, 0.2) is 0 Å². The SMILES string of the molecule is Cc1cccc(C(C)C)c1Nc1ncc(C(=O)Nc2cccc(F)c2)cn1. The van der Waals surface area contributed by atoms with Gasteiger partial charge in [0.1, 0.15) is 5.82 Å². The normalized spacial score (nSPS) is 10.7. The van der Waals surface area contributed by atoms with Crippen molar-refractivity contribution in [2.45, 2.75) is 26.7 Å². The summed E-state index contributed by atoms with van der Waals surface area (Å²) in [5.74, 6) is -0.0501. The van der Waals surface area contributed by atoms with Crippen molar-refractivity contribution in [1.82, 2.24) is 9.97 Å². The largest absolute Gasteiger partial charge is 0.324 e. The molecule has 5 nitrogen and oxygen atoms in total. The van der Waals surface area contributed by atoms with E-state index < -0.39 is 11.7 Å². The molecule has 138 valence electrons. The van der Waals surface area contributed by atoms with Crippen molar-refractivity contribution in [2.75, 3.05) is 10.6 Å². The number of aromatic nitrogens is 2. The average Bonchev–Trinajstić information content (AvgIpc) is 2.63. The standard InChI is InChI=1S/C21H21FN4O/c1-13(2)18-9-4-6-14(3)19(18)26-21-23-11-15(12-24-21)20(27)25-17-8-5-7-16(22)10-17/h4-13H,1-3H3,(H,25,27)(H,23,24,26). The van der Waals surface area contributed by atoms with Crippen LogP contribution >= 0.6 is 0 Å². The van der Waals surface area contributed by atoms with Gasteiger partial charge < -0.3 is 10.6 Å². The Morgan fingerprint density at radius 2 is 1.78 bits per heavy atom. The molecule has 0 saturated heterocycles. The monoisotopic (exact) mass is 364 g/mol. The fourth-order valence-corrected chi connectivity index (χ4v) is 2.73. The highest BCUT2D eigenvalue weighted by molar-refractivity contribution is 6.03. The molecular weight excluding hydrogens is 343 g/mol. The summed E-state index contributed by atoms with van der Waals surface area (Å²) in [4.78, 5) is 20.7. The molecule has 0 saturated carbocycles. The van der Waals surface area contributed by atoms with Gasteiger partial charge in [-0.3, -0.25) is 4.79 Å². The molecule has 0 spiro atoms. The number of hydrogen-bond acceptors (Lipinski definition) is 4. The molecule has 1 amide bonds. The predicted molar refractivity (Wildman–Crippen MR) is 105 cm³/mol. The second kappa shape index (κ2) is 7.95. The highest BCUT2D eigenvalue weighted by Crippen LogP contribution is 2.29. The molecule has 0 fully saturated rings. The van der Waals surface area contributed by atoms with Crippen molar-refractivity contribution in [3.63, 3.8) is 0 Å². The van der Waals surface area contributed by atoms with E-state index >= 15 is 0 Å². The van der Waals surface area contributed by atoms with E-state index in [2.05, 4.69) is 40.5 Å². The molecule has 2 N–H and O–H groups in total. The fraction of sp³-hybridized carbons (Fsp3) is 0.190. The van der Waals surface area contributed by atoms with Crippen LogP contribution < -0.4 is 10.6 Å². The zero-order valence-corrected chi connectivity index (χ0v) is 15.5. The van der Waals surface area contributed by atoms with Gasteiger partial charge in [-0.2, -0.15) is 0 Å². The first kappa shape index (κ1) is 18.5. The van der Waals surface area contributed by atoms with Gasteiger partial charge in [0.25, 0.3) is 5.91 Å². The van der Waals surface area contributed by atoms with Crippen molar-refractivity contribution >= 4 is 23.2 Å². The van der Waals surface area contributed by atoms with Gasteiger partial charge >= 0.3 is 0 Å². The number of anilines is 3. The Morgan fingerprint density at radius 1 is 1.07 bits per heavy atom. The molecule has 0 bridgehead atoms. The summed E-state index contributed by atoms with van der Waals surface area (Å²) in [7, 11) is 0. The Balaban J connectivity index is 1.75. The average molecular weight is 364 g/mol. The van der Waals surface area contributed by atoms with Gasteiger partial charge in [-0.25, -0.2) is 14.4 Å². The van der Waals surface area contributed by atoms with Crippen LogP contribution in [0.4, 0.5) is 21.7 Å². The maximum atomic E-state index is 13.2. The minimum Gasteiger partial charge on any atom is -0.324 e. The van der Waals surface area contributed by atoms with Crippen LogP contribution in [-0.4, -0.2) is 15.9 Å². The van der Waals surface area contributed by atoms with Crippen LogP contribution in [0.3, 0.4) is 0 Å². The minimum absolute atomic E-state index is 0.290. The number of aryl methyl sites for hydroxylation is 1. The first-order valence-corrected chi connectivity index (χ1v) is 8.69. The molecule has 0 aliphatic carbocycles. The maximum Gasteiger partial charge on any atom is 0.258 e. The molecule has 0 unspecified atom stereocenters. The number of para-hydroxylation sites is 1. The smallest absolute Gasteiger partial charge is 0.258 e. The summed E-state index contributed by atoms with van der Waals surface area (Å²) in [6.07, 6.45) is 2.88. The van der Waals surface area contributed by atoms with Crippen molar-refractivity contribution in [3.8, 4) is 0 Å². The summed E-state index contributed by atoms with van der Waals surface area (Å²) in [6, 6.07) is 11.8. The molecule has 0 aliphatic heterocycles. The van der Waals surface area contributed by atoms with Gasteiger partial charge in [-0.15, -0.1) is 0 Å². The summed E-state index contributed by atoms with van der Waals surface area (Å²) < 4.78 is 13.2. The first-order valence-electron chi connectivity index (χ1n) is 8.69. The number of benzene rings is 2. The quantitative estimate of drug-likeness (QED) is 0.665. The third-order valence-electron chi connectivity index (χ3n) is 4.16. The molecule has 27 heavy (non-hydrogen) atoms. The number of rotatable bonds is 5. The zero-order chi connectivity index (χ0) is 19.4. The molecule has 0 atom stereocenters. The number of amides is 1. The Morgan fingerprint density at radius 3 is 2.44 bits per heavy atom. The van der Waals surface area contributed by atoms with Crippen LogP contribution in [0.2, 0.25) is 0 Å². The van der Waals surface area contributed by atoms with Gasteiger partial charge in [0.2, 0.25) is 5.95 Å². The van der Waals surface area contributed by atoms with E-state index in [4.69, 9.17) is 0 Å². The second-order valence-electron chi connectivity index (χ2n) is 6.58. The van der Waals surface area contributed by atoms with E-state index in [-0.39, 0.29) is 0 Å². The van der Waals surface area contributed by atoms with Crippen LogP contribution in [0.5, 0.6) is 0 Å². The summed E-state index contributed by atoms with van der Waals surface area (Å²) >= 11 is 0. The van der Waals surface area contributed by atoms with Crippen LogP contribution in [0, 0.1) is 12.7 Å². The number of halogens is 1. The molecule has 1 heterocycles. The fourth-order valence-electron chi connectivity index (χ4n) is 2.73. The van der Waals surface area contributed by atoms with Crippen molar-refractivity contribution in [3.05, 3.63) is 77.4 Å². The third-order valence-corrected chi connectivity index (χ3v) is 4.16. The van der Waals surface area contributed by atoms with Gasteiger partial charge in [-0.05, 0) is 42.2 Å². The van der Waals surface area contributed by atoms with E-state index in [0.717, 1.165) is 11.3 Å². The van der Waals surface area contributed by atoms with Crippen LogP contribution in [-0.2, 0) is 0 Å². The number of carbonyl (C=O) groups is 1. The maximum absolute atomic E-state index is 13.2. The molecule has 1 aromatic heterocycles. The molecule has 2 aromatic carbocycles. The van der Waals surface area contributed by atoms with E-state index in [1.165, 1.54) is 36.2 Å². The van der Waals surface area contributed by atoms with Crippen LogP contribution in [0.25, 0.3) is 0 Å². The molecule has 6 heteroatoms. The topological polar surface area (TPSA) is 66.9 Å². The number of nitrogens with one attached hydrogen (secondary N) is 2. The Hall–Kier alpha value is -3.28. The van der Waals surface area contributed by atoms with Crippen LogP contribution in [0.1, 0.15) is 41.3 Å². The Bertz CT molecular complexity index is 955. The van der Waals surface area contributed by atoms with Gasteiger partial charge in [0, 0.05) is 23.8 Å². The summed E-state index contributed by atoms with van der Waals surface area (Å²) in [5, 5.41) is 5.86. The number of hydrogen-bond donors (Lipinski definition) is 2. The molecule has 3 aromatic rings. The minimum atomic E-state index is -0.414. The van der Waals surface area contributed by atoms with Crippen molar-refractivity contribution in [2.24, 2.45) is 0 Å². The molecule has 0 aliphatic rings. The first-order chi connectivity index (χ1) is 12.9. The highest BCUT2D eigenvalue weighted by Gasteiger charge is 2.12. The lowest BCUT2D eigenvalue weighted by molar-refractivity contribution is 0.102. The van der Waals surface area contributed by atoms with Crippen LogP contribution in [0.15, 0.2) is 54.9 Å². The van der Waals surface area contributed by atoms with Gasteiger partial charge in [0.05, 0.1) is 5.56 Å². The highest BCUT2D eigenvalue weighted by atomic mass is 19.1. The molecule has 0 radical (unpaired) electrons. The summed E-state index contributed by atoms with van der Waals surface area (Å²) in [6.45, 7) is 6.27. The van der Waals surface area contributed by atoms with Crippen molar-refractivity contribution in [1.29, 1.82) is 0 Å². The lowest BCUT2D eigenvalue weighted by Gasteiger charge is -2.16. The molecular formula is C21H21FN4O. The second-order valence-corrected chi connectivity index (χ2v) is 6.58. The Kier molecular flexibility index (Phi) is 5.45. The third kappa shape index (κ3) is 4.47.